The van der Waals surface area contributed by atoms with Crippen molar-refractivity contribution in [3.63, 3.8) is 0 Å². The summed E-state index contributed by atoms with van der Waals surface area (Å²) in [6.07, 6.45) is 0.568. The summed E-state index contributed by atoms with van der Waals surface area (Å²) < 4.78 is 20.0. The van der Waals surface area contributed by atoms with Gasteiger partial charge in [-0.3, -0.25) is 4.79 Å². The van der Waals surface area contributed by atoms with Crippen LogP contribution in [0.25, 0.3) is 0 Å². The summed E-state index contributed by atoms with van der Waals surface area (Å²) in [4.78, 5) is 12.7. The minimum Gasteiger partial charge on any atom is -0.493 e. The zero-order valence-corrected chi connectivity index (χ0v) is 14.8. The second kappa shape index (κ2) is 6.53. The number of amides is 1. The monoisotopic (exact) mass is 392 g/mol. The average molecular weight is 393 g/mol. The van der Waals surface area contributed by atoms with Crippen molar-refractivity contribution in [2.75, 3.05) is 6.61 Å². The number of fused-ring (bicyclic) bond motifs is 1. The molecule has 2 aromatic carbocycles. The molecule has 0 bridgehead atoms. The van der Waals surface area contributed by atoms with E-state index < -0.39 is 5.54 Å². The number of hydrogen-bond donors (Lipinski definition) is 2. The Bertz CT molecular complexity index is 762. The quantitative estimate of drug-likeness (QED) is 0.840. The van der Waals surface area contributed by atoms with E-state index in [-0.39, 0.29) is 17.8 Å². The van der Waals surface area contributed by atoms with Crippen molar-refractivity contribution >= 4 is 21.8 Å². The summed E-state index contributed by atoms with van der Waals surface area (Å²) in [6.45, 7) is 2.13. The highest BCUT2D eigenvalue weighted by atomic mass is 79.9. The van der Waals surface area contributed by atoms with E-state index in [1.807, 2.05) is 12.1 Å². The molecule has 0 radical (unpaired) electrons. The number of ether oxygens (including phenoxy) is 1. The van der Waals surface area contributed by atoms with E-state index in [1.54, 1.807) is 25.1 Å². The van der Waals surface area contributed by atoms with Crippen LogP contribution in [0.4, 0.5) is 4.39 Å². The van der Waals surface area contributed by atoms with E-state index in [1.165, 1.54) is 12.1 Å². The maximum Gasteiger partial charge on any atom is 0.244 e. The summed E-state index contributed by atoms with van der Waals surface area (Å²) in [6, 6.07) is 11.3. The fraction of sp³-hybridized carbons (Fsp3) is 0.278. The van der Waals surface area contributed by atoms with E-state index in [4.69, 9.17) is 10.5 Å². The molecule has 2 unspecified atom stereocenters. The molecule has 6 heteroatoms. The van der Waals surface area contributed by atoms with Crippen LogP contribution in [0.15, 0.2) is 46.9 Å². The highest BCUT2D eigenvalue weighted by molar-refractivity contribution is 9.10. The largest absolute Gasteiger partial charge is 0.493 e. The standard InChI is InChI=1S/C18H18BrFN2O2/c1-18(21,11-2-4-12(19)5-3-11)17(23)22-15-8-9-24-16-7-6-13(20)10-14(15)16/h2-7,10,15H,8-9,21H2,1H3,(H,22,23). The number of nitrogens with two attached hydrogens (primary N) is 1. The van der Waals surface area contributed by atoms with E-state index >= 15 is 0 Å². The molecule has 3 N–H and O–H groups in total. The first-order valence-electron chi connectivity index (χ1n) is 7.66. The molecular formula is C18H18BrFN2O2. The molecule has 1 aliphatic rings. The predicted molar refractivity (Wildman–Crippen MR) is 93.1 cm³/mol. The van der Waals surface area contributed by atoms with Crippen molar-refractivity contribution in [3.05, 3.63) is 63.9 Å². The van der Waals surface area contributed by atoms with Crippen molar-refractivity contribution in [1.82, 2.24) is 5.32 Å². The Morgan fingerprint density at radius 3 is 2.75 bits per heavy atom. The first-order chi connectivity index (χ1) is 11.4. The molecule has 0 spiro atoms. The summed E-state index contributed by atoms with van der Waals surface area (Å²) in [5, 5.41) is 2.93. The van der Waals surface area contributed by atoms with Gasteiger partial charge >= 0.3 is 0 Å². The molecule has 1 aliphatic heterocycles. The molecule has 126 valence electrons. The Kier molecular flexibility index (Phi) is 4.60. The van der Waals surface area contributed by atoms with Crippen LogP contribution in [0.5, 0.6) is 5.75 Å². The Labute approximate surface area is 148 Å². The zero-order valence-electron chi connectivity index (χ0n) is 13.2. The molecule has 0 saturated carbocycles. The lowest BCUT2D eigenvalue weighted by Crippen LogP contribution is -2.50. The Morgan fingerprint density at radius 2 is 2.04 bits per heavy atom. The van der Waals surface area contributed by atoms with E-state index in [0.29, 0.717) is 29.9 Å². The average Bonchev–Trinajstić information content (AvgIpc) is 2.55. The molecule has 0 aromatic heterocycles. The molecule has 2 aromatic rings. The van der Waals surface area contributed by atoms with Gasteiger partial charge in [0.15, 0.2) is 0 Å². The number of nitrogens with one attached hydrogen (secondary N) is 1. The van der Waals surface area contributed by atoms with Gasteiger partial charge in [-0.2, -0.15) is 0 Å². The summed E-state index contributed by atoms with van der Waals surface area (Å²) in [5.41, 5.74) is 6.42. The summed E-state index contributed by atoms with van der Waals surface area (Å²) in [7, 11) is 0. The van der Waals surface area contributed by atoms with Crippen molar-refractivity contribution in [2.24, 2.45) is 5.73 Å². The van der Waals surface area contributed by atoms with Gasteiger partial charge < -0.3 is 15.8 Å². The molecule has 24 heavy (non-hydrogen) atoms. The van der Waals surface area contributed by atoms with Gasteiger partial charge in [-0.05, 0) is 42.8 Å². The second-order valence-electron chi connectivity index (χ2n) is 6.05. The van der Waals surface area contributed by atoms with E-state index in [2.05, 4.69) is 21.2 Å². The first-order valence-corrected chi connectivity index (χ1v) is 8.45. The van der Waals surface area contributed by atoms with Gasteiger partial charge in [-0.15, -0.1) is 0 Å². The number of hydrogen-bond acceptors (Lipinski definition) is 3. The van der Waals surface area contributed by atoms with Crippen molar-refractivity contribution < 1.29 is 13.9 Å². The lowest BCUT2D eigenvalue weighted by Gasteiger charge is -2.31. The van der Waals surface area contributed by atoms with E-state index in [0.717, 1.165) is 4.47 Å². The Morgan fingerprint density at radius 1 is 1.33 bits per heavy atom. The fourth-order valence-corrected chi connectivity index (χ4v) is 3.01. The maximum atomic E-state index is 13.5. The number of halogens is 2. The molecule has 2 atom stereocenters. The molecule has 1 amide bonds. The zero-order chi connectivity index (χ0) is 17.3. The maximum absolute atomic E-state index is 13.5. The van der Waals surface area contributed by atoms with Crippen LogP contribution in [0.1, 0.15) is 30.5 Å². The number of rotatable bonds is 3. The van der Waals surface area contributed by atoms with Gasteiger partial charge in [-0.25, -0.2) is 4.39 Å². The van der Waals surface area contributed by atoms with Crippen LogP contribution >= 0.6 is 15.9 Å². The molecule has 3 rings (SSSR count). The second-order valence-corrected chi connectivity index (χ2v) is 6.97. The smallest absolute Gasteiger partial charge is 0.244 e. The van der Waals surface area contributed by atoms with Crippen molar-refractivity contribution in [3.8, 4) is 5.75 Å². The van der Waals surface area contributed by atoms with Crippen LogP contribution in [0.2, 0.25) is 0 Å². The normalized spacial score (nSPS) is 18.9. The first kappa shape index (κ1) is 16.9. The summed E-state index contributed by atoms with van der Waals surface area (Å²) in [5.74, 6) is -0.0795. The molecule has 4 nitrogen and oxygen atoms in total. The van der Waals surface area contributed by atoms with Crippen LogP contribution in [0.3, 0.4) is 0 Å². The van der Waals surface area contributed by atoms with Gasteiger partial charge in [-0.1, -0.05) is 28.1 Å². The fourth-order valence-electron chi connectivity index (χ4n) is 2.75. The van der Waals surface area contributed by atoms with Gasteiger partial charge in [0.2, 0.25) is 5.91 Å². The Balaban J connectivity index is 1.82. The third kappa shape index (κ3) is 3.30. The molecular weight excluding hydrogens is 375 g/mol. The molecule has 0 saturated heterocycles. The minimum atomic E-state index is -1.19. The number of carbonyl (C=O) groups excluding carboxylic acids is 1. The third-order valence-electron chi connectivity index (χ3n) is 4.23. The minimum absolute atomic E-state index is 0.313. The van der Waals surface area contributed by atoms with Gasteiger partial charge in [0.1, 0.15) is 17.1 Å². The van der Waals surface area contributed by atoms with Crippen molar-refractivity contribution in [1.29, 1.82) is 0 Å². The SMILES string of the molecule is CC(N)(C(=O)NC1CCOc2ccc(F)cc21)c1ccc(Br)cc1. The van der Waals surface area contributed by atoms with Gasteiger partial charge in [0.05, 0.1) is 12.6 Å². The van der Waals surface area contributed by atoms with Crippen molar-refractivity contribution in [2.45, 2.75) is 24.9 Å². The van der Waals surface area contributed by atoms with E-state index in [9.17, 15) is 9.18 Å². The highest BCUT2D eigenvalue weighted by Gasteiger charge is 2.33. The van der Waals surface area contributed by atoms with Gasteiger partial charge in [0.25, 0.3) is 0 Å². The van der Waals surface area contributed by atoms with Crippen LogP contribution < -0.4 is 15.8 Å². The third-order valence-corrected chi connectivity index (χ3v) is 4.76. The number of carbonyl (C=O) groups is 1. The molecule has 1 heterocycles. The van der Waals surface area contributed by atoms with Crippen LogP contribution in [0, 0.1) is 5.82 Å². The molecule has 0 fully saturated rings. The lowest BCUT2D eigenvalue weighted by atomic mass is 9.91. The predicted octanol–water partition coefficient (Wildman–Crippen LogP) is 3.40. The van der Waals surface area contributed by atoms with Crippen LogP contribution in [-0.4, -0.2) is 12.5 Å². The topological polar surface area (TPSA) is 64.4 Å². The highest BCUT2D eigenvalue weighted by Crippen LogP contribution is 2.33. The molecule has 0 aliphatic carbocycles. The summed E-state index contributed by atoms with van der Waals surface area (Å²) >= 11 is 3.36. The Hall–Kier alpha value is -1.92. The van der Waals surface area contributed by atoms with Crippen LogP contribution in [-0.2, 0) is 10.3 Å². The van der Waals surface area contributed by atoms with Gasteiger partial charge in [0, 0.05) is 16.5 Å². The number of benzene rings is 2. The lowest BCUT2D eigenvalue weighted by molar-refractivity contribution is -0.127.